The van der Waals surface area contributed by atoms with Gasteiger partial charge in [-0.25, -0.2) is 4.98 Å². The van der Waals surface area contributed by atoms with Gasteiger partial charge in [0.25, 0.3) is 0 Å². The summed E-state index contributed by atoms with van der Waals surface area (Å²) in [5.41, 5.74) is 6.43. The van der Waals surface area contributed by atoms with Crippen LogP contribution in [0.3, 0.4) is 0 Å². The van der Waals surface area contributed by atoms with Crippen LogP contribution in [0.15, 0.2) is 18.2 Å². The summed E-state index contributed by atoms with van der Waals surface area (Å²) in [4.78, 5) is 4.26. The molecule has 13 heavy (non-hydrogen) atoms. The zero-order valence-corrected chi connectivity index (χ0v) is 7.49. The average molecular weight is 180 g/mol. The number of nitrogens with two attached hydrogens (primary N) is 1. The summed E-state index contributed by atoms with van der Waals surface area (Å²) in [6.45, 7) is 1.07. The molecule has 1 aromatic heterocycles. The van der Waals surface area contributed by atoms with E-state index in [1.807, 2.05) is 12.1 Å². The Morgan fingerprint density at radius 1 is 1.54 bits per heavy atom. The molecule has 1 aliphatic rings. The van der Waals surface area contributed by atoms with Gasteiger partial charge < -0.3 is 15.2 Å². The molecule has 0 aliphatic carbocycles. The number of aromatic nitrogens is 1. The van der Waals surface area contributed by atoms with Crippen molar-refractivity contribution in [2.24, 2.45) is 5.73 Å². The van der Waals surface area contributed by atoms with Crippen molar-refractivity contribution in [2.75, 3.05) is 20.3 Å². The summed E-state index contributed by atoms with van der Waals surface area (Å²) < 4.78 is 10.1. The number of methoxy groups -OCH3 is 1. The van der Waals surface area contributed by atoms with Crippen molar-refractivity contribution in [3.63, 3.8) is 0 Å². The van der Waals surface area contributed by atoms with Gasteiger partial charge in [-0.3, -0.25) is 0 Å². The molecule has 4 nitrogen and oxygen atoms in total. The van der Waals surface area contributed by atoms with Crippen molar-refractivity contribution >= 4 is 0 Å². The minimum absolute atomic E-state index is 0.408. The monoisotopic (exact) mass is 180 g/mol. The van der Waals surface area contributed by atoms with E-state index in [1.165, 1.54) is 0 Å². The molecule has 1 saturated heterocycles. The van der Waals surface area contributed by atoms with Crippen LogP contribution in [0.25, 0.3) is 0 Å². The fraction of sp³-hybridized carbons (Fsp3) is 0.444. The Labute approximate surface area is 76.7 Å². The van der Waals surface area contributed by atoms with Crippen LogP contribution in [0.1, 0.15) is 5.69 Å². The molecule has 0 unspecified atom stereocenters. The second-order valence-electron chi connectivity index (χ2n) is 3.21. The van der Waals surface area contributed by atoms with Crippen LogP contribution in [0.5, 0.6) is 5.88 Å². The molecule has 2 N–H and O–H groups in total. The highest BCUT2D eigenvalue weighted by molar-refractivity contribution is 5.23. The predicted molar refractivity (Wildman–Crippen MR) is 47.5 cm³/mol. The maximum atomic E-state index is 6.00. The van der Waals surface area contributed by atoms with Gasteiger partial charge in [0.2, 0.25) is 5.88 Å². The summed E-state index contributed by atoms with van der Waals surface area (Å²) in [5, 5.41) is 0. The number of hydrogen-bond acceptors (Lipinski definition) is 4. The highest BCUT2D eigenvalue weighted by atomic mass is 16.5. The molecule has 2 heterocycles. The van der Waals surface area contributed by atoms with Gasteiger partial charge in [0.05, 0.1) is 26.0 Å². The lowest BCUT2D eigenvalue weighted by Gasteiger charge is -2.37. The largest absolute Gasteiger partial charge is 0.481 e. The molecule has 4 heteroatoms. The minimum Gasteiger partial charge on any atom is -0.481 e. The summed E-state index contributed by atoms with van der Waals surface area (Å²) in [6.07, 6.45) is 0. The zero-order valence-electron chi connectivity index (χ0n) is 7.49. The fourth-order valence-electron chi connectivity index (χ4n) is 1.28. The molecule has 70 valence electrons. The van der Waals surface area contributed by atoms with E-state index in [2.05, 4.69) is 4.98 Å². The van der Waals surface area contributed by atoms with Crippen LogP contribution in [-0.4, -0.2) is 25.3 Å². The Bertz CT molecular complexity index is 310. The average Bonchev–Trinajstić information content (AvgIpc) is 2.14. The number of ether oxygens (including phenoxy) is 2. The summed E-state index contributed by atoms with van der Waals surface area (Å²) in [5.74, 6) is 0.592. The van der Waals surface area contributed by atoms with Crippen LogP contribution in [0.4, 0.5) is 0 Å². The molecule has 0 aromatic carbocycles. The van der Waals surface area contributed by atoms with Gasteiger partial charge in [-0.05, 0) is 6.07 Å². The van der Waals surface area contributed by atoms with Crippen molar-refractivity contribution in [3.05, 3.63) is 23.9 Å². The molecule has 0 atom stereocenters. The highest BCUT2D eigenvalue weighted by Crippen LogP contribution is 2.25. The topological polar surface area (TPSA) is 57.4 Å². The normalized spacial score (nSPS) is 19.2. The number of hydrogen-bond donors (Lipinski definition) is 1. The van der Waals surface area contributed by atoms with E-state index in [1.54, 1.807) is 13.2 Å². The molecule has 0 bridgehead atoms. The molecular formula is C9H12N2O2. The van der Waals surface area contributed by atoms with Crippen LogP contribution in [-0.2, 0) is 10.3 Å². The predicted octanol–water partition coefficient (Wildman–Crippen LogP) is 0.274. The lowest BCUT2D eigenvalue weighted by atomic mass is 9.94. The highest BCUT2D eigenvalue weighted by Gasteiger charge is 2.37. The lowest BCUT2D eigenvalue weighted by molar-refractivity contribution is -0.0592. The Morgan fingerprint density at radius 3 is 2.85 bits per heavy atom. The summed E-state index contributed by atoms with van der Waals surface area (Å²) >= 11 is 0. The zero-order chi connectivity index (χ0) is 9.31. The third-order valence-corrected chi connectivity index (χ3v) is 2.16. The first-order valence-corrected chi connectivity index (χ1v) is 4.13. The third-order valence-electron chi connectivity index (χ3n) is 2.16. The van der Waals surface area contributed by atoms with Crippen molar-refractivity contribution in [2.45, 2.75) is 5.54 Å². The molecule has 0 saturated carbocycles. The SMILES string of the molecule is COc1cccc(C2(N)COC2)n1. The van der Waals surface area contributed by atoms with E-state index in [0.717, 1.165) is 5.69 Å². The van der Waals surface area contributed by atoms with Gasteiger partial charge in [0.15, 0.2) is 0 Å². The number of rotatable bonds is 2. The second kappa shape index (κ2) is 2.97. The Balaban J connectivity index is 2.29. The van der Waals surface area contributed by atoms with Crippen LogP contribution in [0.2, 0.25) is 0 Å². The fourth-order valence-corrected chi connectivity index (χ4v) is 1.28. The van der Waals surface area contributed by atoms with Crippen LogP contribution >= 0.6 is 0 Å². The number of pyridine rings is 1. The molecular weight excluding hydrogens is 168 g/mol. The second-order valence-corrected chi connectivity index (χ2v) is 3.21. The van der Waals surface area contributed by atoms with Gasteiger partial charge in [0, 0.05) is 6.07 Å². The van der Waals surface area contributed by atoms with Gasteiger partial charge in [0.1, 0.15) is 5.54 Å². The van der Waals surface area contributed by atoms with Crippen LogP contribution in [0, 0.1) is 0 Å². The third kappa shape index (κ3) is 1.38. The maximum absolute atomic E-state index is 6.00. The summed E-state index contributed by atoms with van der Waals surface area (Å²) in [6, 6.07) is 5.57. The molecule has 1 aromatic rings. The van der Waals surface area contributed by atoms with Crippen LogP contribution < -0.4 is 10.5 Å². The van der Waals surface area contributed by atoms with Crippen molar-refractivity contribution in [1.82, 2.24) is 4.98 Å². The molecule has 2 rings (SSSR count). The first-order chi connectivity index (χ1) is 6.24. The Morgan fingerprint density at radius 2 is 2.31 bits per heavy atom. The van der Waals surface area contributed by atoms with Gasteiger partial charge >= 0.3 is 0 Å². The Kier molecular flexibility index (Phi) is 1.94. The number of nitrogens with zero attached hydrogens (tertiary/aromatic N) is 1. The van der Waals surface area contributed by atoms with Gasteiger partial charge in [-0.1, -0.05) is 6.07 Å². The summed E-state index contributed by atoms with van der Waals surface area (Å²) in [7, 11) is 1.59. The molecule has 0 radical (unpaired) electrons. The van der Waals surface area contributed by atoms with Gasteiger partial charge in [-0.15, -0.1) is 0 Å². The van der Waals surface area contributed by atoms with E-state index in [4.69, 9.17) is 15.2 Å². The smallest absolute Gasteiger partial charge is 0.213 e. The maximum Gasteiger partial charge on any atom is 0.213 e. The lowest BCUT2D eigenvalue weighted by Crippen LogP contribution is -2.54. The minimum atomic E-state index is -0.408. The van der Waals surface area contributed by atoms with E-state index in [-0.39, 0.29) is 0 Å². The standard InChI is InChI=1S/C9H12N2O2/c1-12-8-4-2-3-7(11-8)9(10)5-13-6-9/h2-4H,5-6,10H2,1H3. The first-order valence-electron chi connectivity index (χ1n) is 4.13. The quantitative estimate of drug-likeness (QED) is 0.710. The van der Waals surface area contributed by atoms with E-state index < -0.39 is 5.54 Å². The molecule has 1 fully saturated rings. The van der Waals surface area contributed by atoms with E-state index >= 15 is 0 Å². The van der Waals surface area contributed by atoms with Crippen molar-refractivity contribution < 1.29 is 9.47 Å². The molecule has 0 amide bonds. The van der Waals surface area contributed by atoms with Crippen molar-refractivity contribution in [1.29, 1.82) is 0 Å². The Hall–Kier alpha value is -1.13. The van der Waals surface area contributed by atoms with Crippen molar-refractivity contribution in [3.8, 4) is 5.88 Å². The molecule has 1 aliphatic heterocycles. The van der Waals surface area contributed by atoms with E-state index in [0.29, 0.717) is 19.1 Å². The molecule has 0 spiro atoms. The van der Waals surface area contributed by atoms with Gasteiger partial charge in [-0.2, -0.15) is 0 Å². The first kappa shape index (κ1) is 8.47. The van der Waals surface area contributed by atoms with E-state index in [9.17, 15) is 0 Å².